The van der Waals surface area contributed by atoms with E-state index in [0.29, 0.717) is 16.9 Å². The van der Waals surface area contributed by atoms with E-state index in [9.17, 15) is 4.79 Å². The summed E-state index contributed by atoms with van der Waals surface area (Å²) in [6.45, 7) is 8.75. The molecule has 8 nitrogen and oxygen atoms in total. The van der Waals surface area contributed by atoms with Gasteiger partial charge in [0.15, 0.2) is 5.82 Å². The monoisotopic (exact) mass is 486 g/mol. The van der Waals surface area contributed by atoms with Crippen LogP contribution in [0.1, 0.15) is 36.0 Å². The molecule has 0 spiro atoms. The lowest BCUT2D eigenvalue weighted by Gasteiger charge is -2.34. The van der Waals surface area contributed by atoms with E-state index in [1.165, 1.54) is 26.9 Å². The maximum atomic E-state index is 12.7. The van der Waals surface area contributed by atoms with Gasteiger partial charge in [0.1, 0.15) is 12.4 Å². The zero-order valence-electron chi connectivity index (χ0n) is 19.0. The second kappa shape index (κ2) is 11.0. The Hall–Kier alpha value is -2.56. The molecule has 176 valence electrons. The van der Waals surface area contributed by atoms with Gasteiger partial charge in [0.2, 0.25) is 11.1 Å². The number of nitrogens with zero attached hydrogens (tertiary/aromatic N) is 5. The molecular weight excluding hydrogens is 456 g/mol. The van der Waals surface area contributed by atoms with Crippen molar-refractivity contribution in [2.75, 3.05) is 37.8 Å². The minimum atomic E-state index is 0.0989. The second-order valence-electron chi connectivity index (χ2n) is 8.31. The molecule has 1 amide bonds. The highest BCUT2D eigenvalue weighted by Crippen LogP contribution is 2.21. The maximum absolute atomic E-state index is 12.7. The first kappa shape index (κ1) is 23.6. The number of carbonyl (C=O) groups is 1. The van der Waals surface area contributed by atoms with Gasteiger partial charge in [-0.05, 0) is 35.1 Å². The van der Waals surface area contributed by atoms with E-state index in [4.69, 9.17) is 10.6 Å². The summed E-state index contributed by atoms with van der Waals surface area (Å²) in [5, 5.41) is 10.9. The van der Waals surface area contributed by atoms with Gasteiger partial charge in [0.25, 0.3) is 0 Å². The average molecular weight is 487 g/mol. The van der Waals surface area contributed by atoms with Crippen molar-refractivity contribution in [1.29, 1.82) is 0 Å². The first-order valence-electron chi connectivity index (χ1n) is 11.1. The van der Waals surface area contributed by atoms with E-state index < -0.39 is 0 Å². The van der Waals surface area contributed by atoms with Crippen LogP contribution >= 0.6 is 23.1 Å². The molecule has 1 fully saturated rings. The van der Waals surface area contributed by atoms with Crippen LogP contribution in [-0.2, 0) is 17.9 Å². The summed E-state index contributed by atoms with van der Waals surface area (Å²) < 4.78 is 7.20. The van der Waals surface area contributed by atoms with Gasteiger partial charge in [-0.2, -0.15) is 0 Å². The number of ether oxygens (including phenoxy) is 1. The van der Waals surface area contributed by atoms with Crippen LogP contribution in [0.25, 0.3) is 0 Å². The minimum Gasteiger partial charge on any atom is -0.486 e. The summed E-state index contributed by atoms with van der Waals surface area (Å²) in [7, 11) is 0. The summed E-state index contributed by atoms with van der Waals surface area (Å²) >= 11 is 3.08. The van der Waals surface area contributed by atoms with Crippen LogP contribution in [0.15, 0.2) is 46.9 Å². The summed E-state index contributed by atoms with van der Waals surface area (Å²) in [6, 6.07) is 12.2. The zero-order chi connectivity index (χ0) is 23.2. The minimum absolute atomic E-state index is 0.0989. The fraction of sp³-hybridized carbons (Fsp3) is 0.435. The predicted molar refractivity (Wildman–Crippen MR) is 132 cm³/mol. The van der Waals surface area contributed by atoms with Gasteiger partial charge in [-0.25, -0.2) is 4.68 Å². The van der Waals surface area contributed by atoms with Gasteiger partial charge in [-0.15, -0.1) is 21.5 Å². The Morgan fingerprint density at radius 1 is 1.15 bits per heavy atom. The molecule has 1 saturated heterocycles. The Bertz CT molecular complexity index is 1030. The molecule has 0 bridgehead atoms. The number of carbonyl (C=O) groups excluding carboxylic acids is 1. The summed E-state index contributed by atoms with van der Waals surface area (Å²) in [5.74, 6) is 8.27. The van der Waals surface area contributed by atoms with Crippen molar-refractivity contribution in [2.45, 2.75) is 38.1 Å². The van der Waals surface area contributed by atoms with Crippen LogP contribution in [0.3, 0.4) is 0 Å². The van der Waals surface area contributed by atoms with E-state index >= 15 is 0 Å². The van der Waals surface area contributed by atoms with Crippen molar-refractivity contribution in [1.82, 2.24) is 24.7 Å². The molecule has 0 atom stereocenters. The molecule has 1 aromatic carbocycles. The third kappa shape index (κ3) is 6.27. The molecule has 2 N–H and O–H groups in total. The number of hydrogen-bond acceptors (Lipinski definition) is 8. The Balaban J connectivity index is 1.22. The number of amides is 1. The van der Waals surface area contributed by atoms with E-state index in [2.05, 4.69) is 58.6 Å². The lowest BCUT2D eigenvalue weighted by Crippen LogP contribution is -2.48. The van der Waals surface area contributed by atoms with Crippen LogP contribution in [0.2, 0.25) is 0 Å². The number of nitrogen functional groups attached to an aromatic ring is 1. The molecule has 33 heavy (non-hydrogen) atoms. The molecule has 10 heteroatoms. The van der Waals surface area contributed by atoms with Crippen LogP contribution < -0.4 is 10.6 Å². The Morgan fingerprint density at radius 2 is 1.91 bits per heavy atom. The number of piperazine rings is 1. The molecule has 1 aliphatic rings. The van der Waals surface area contributed by atoms with E-state index in [-0.39, 0.29) is 18.3 Å². The van der Waals surface area contributed by atoms with E-state index in [1.54, 1.807) is 11.3 Å². The van der Waals surface area contributed by atoms with Gasteiger partial charge in [-0.3, -0.25) is 9.69 Å². The van der Waals surface area contributed by atoms with Crippen LogP contribution in [0.4, 0.5) is 0 Å². The number of thiophene rings is 1. The zero-order valence-corrected chi connectivity index (χ0v) is 20.6. The van der Waals surface area contributed by atoms with Crippen LogP contribution in [0.5, 0.6) is 5.75 Å². The fourth-order valence-electron chi connectivity index (χ4n) is 3.60. The molecule has 1 aliphatic heterocycles. The molecular formula is C23H30N6O2S2. The predicted octanol–water partition coefficient (Wildman–Crippen LogP) is 3.19. The number of benzene rings is 1. The molecule has 2 aromatic heterocycles. The van der Waals surface area contributed by atoms with Crippen molar-refractivity contribution in [2.24, 2.45) is 0 Å². The Labute approximate surface area is 202 Å². The topological polar surface area (TPSA) is 89.5 Å². The standard InChI is InChI=1S/C23H30N6O2S2/c1-17(2)18-5-7-19(8-6-18)31-15-21-25-26-23(29(21)24)33-16-22(30)28-11-9-27(10-12-28)14-20-4-3-13-32-20/h3-8,13,17H,9-12,14-16,24H2,1-2H3. The van der Waals surface area contributed by atoms with Crippen molar-refractivity contribution in [3.63, 3.8) is 0 Å². The quantitative estimate of drug-likeness (QED) is 0.367. The summed E-state index contributed by atoms with van der Waals surface area (Å²) in [5.41, 5.74) is 1.26. The molecule has 0 unspecified atom stereocenters. The number of hydrogen-bond donors (Lipinski definition) is 1. The lowest BCUT2D eigenvalue weighted by molar-refractivity contribution is -0.130. The van der Waals surface area contributed by atoms with Gasteiger partial charge in [-0.1, -0.05) is 43.8 Å². The SMILES string of the molecule is CC(C)c1ccc(OCc2nnc(SCC(=O)N3CCN(Cc4cccs4)CC3)n2N)cc1. The highest BCUT2D eigenvalue weighted by Gasteiger charge is 2.22. The first-order valence-corrected chi connectivity index (χ1v) is 12.9. The highest BCUT2D eigenvalue weighted by molar-refractivity contribution is 7.99. The summed E-state index contributed by atoms with van der Waals surface area (Å²) in [4.78, 5) is 18.3. The Morgan fingerprint density at radius 3 is 2.58 bits per heavy atom. The van der Waals surface area contributed by atoms with E-state index in [1.807, 2.05) is 17.0 Å². The van der Waals surface area contributed by atoms with Crippen LogP contribution in [-0.4, -0.2) is 62.5 Å². The largest absolute Gasteiger partial charge is 0.486 e. The van der Waals surface area contributed by atoms with Crippen molar-refractivity contribution in [3.8, 4) is 5.75 Å². The number of aromatic nitrogens is 3. The molecule has 0 radical (unpaired) electrons. The van der Waals surface area contributed by atoms with E-state index in [0.717, 1.165) is 38.5 Å². The van der Waals surface area contributed by atoms with Gasteiger partial charge < -0.3 is 15.5 Å². The molecule has 3 heterocycles. The number of thioether (sulfide) groups is 1. The Kier molecular flexibility index (Phi) is 7.89. The third-order valence-corrected chi connectivity index (χ3v) is 7.45. The van der Waals surface area contributed by atoms with Crippen molar-refractivity contribution >= 4 is 29.0 Å². The number of rotatable bonds is 9. The van der Waals surface area contributed by atoms with Gasteiger partial charge in [0.05, 0.1) is 5.75 Å². The smallest absolute Gasteiger partial charge is 0.233 e. The van der Waals surface area contributed by atoms with Crippen molar-refractivity contribution in [3.05, 3.63) is 58.0 Å². The summed E-state index contributed by atoms with van der Waals surface area (Å²) in [6.07, 6.45) is 0. The highest BCUT2D eigenvalue weighted by atomic mass is 32.2. The second-order valence-corrected chi connectivity index (χ2v) is 10.3. The molecule has 3 aromatic rings. The fourth-order valence-corrected chi connectivity index (χ4v) is 5.12. The molecule has 0 saturated carbocycles. The number of nitrogens with two attached hydrogens (primary N) is 1. The average Bonchev–Trinajstić information content (AvgIpc) is 3.46. The first-order chi connectivity index (χ1) is 16.0. The molecule has 0 aliphatic carbocycles. The normalized spacial score (nSPS) is 14.7. The lowest BCUT2D eigenvalue weighted by atomic mass is 10.0. The van der Waals surface area contributed by atoms with Crippen molar-refractivity contribution < 1.29 is 9.53 Å². The van der Waals surface area contributed by atoms with Gasteiger partial charge in [0, 0.05) is 37.6 Å². The maximum Gasteiger partial charge on any atom is 0.233 e. The van der Waals surface area contributed by atoms with Gasteiger partial charge >= 0.3 is 0 Å². The van der Waals surface area contributed by atoms with Crippen LogP contribution in [0, 0.1) is 0 Å². The molecule has 4 rings (SSSR count). The third-order valence-electron chi connectivity index (χ3n) is 5.66.